The third-order valence-corrected chi connectivity index (χ3v) is 12.2. The largest absolute Gasteiger partial charge is 0.507 e. The van der Waals surface area contributed by atoms with Crippen LogP contribution >= 0.6 is 0 Å². The van der Waals surface area contributed by atoms with Gasteiger partial charge < -0.3 is 5.11 Å². The average Bonchev–Trinajstić information content (AvgIpc) is 3.66. The number of aromatic hydroxyl groups is 1. The van der Waals surface area contributed by atoms with Crippen LogP contribution in [0.25, 0.3) is 72.7 Å². The van der Waals surface area contributed by atoms with Crippen LogP contribution in [0.3, 0.4) is 0 Å². The molecule has 4 nitrogen and oxygen atoms in total. The van der Waals surface area contributed by atoms with Gasteiger partial charge in [0, 0.05) is 32.6 Å². The van der Waals surface area contributed by atoms with Gasteiger partial charge in [0.15, 0.2) is 0 Å². The van der Waals surface area contributed by atoms with Crippen molar-refractivity contribution in [2.75, 3.05) is 0 Å². The summed E-state index contributed by atoms with van der Waals surface area (Å²) in [4.78, 5) is 10.4. The summed E-state index contributed by atoms with van der Waals surface area (Å²) < 4.78 is 60.9. The first-order valence-electron chi connectivity index (χ1n) is 25.7. The van der Waals surface area contributed by atoms with Crippen molar-refractivity contribution < 1.29 is 14.7 Å². The smallest absolute Gasteiger partial charge is 0.149 e. The van der Waals surface area contributed by atoms with Gasteiger partial charge in [-0.25, -0.2) is 4.98 Å². The lowest BCUT2D eigenvalue weighted by Crippen LogP contribution is -2.17. The van der Waals surface area contributed by atoms with E-state index in [9.17, 15) is 5.11 Å². The number of hydrogen-bond donors (Lipinski definition) is 1. The molecule has 0 unspecified atom stereocenters. The highest BCUT2D eigenvalue weighted by Crippen LogP contribution is 2.46. The first-order chi connectivity index (χ1) is 32.9. The maximum absolute atomic E-state index is 12.6. The minimum absolute atomic E-state index is 0.000655. The number of para-hydroxylation sites is 1. The summed E-state index contributed by atoms with van der Waals surface area (Å²) in [5, 5.41) is 12.6. The molecule has 64 heavy (non-hydrogen) atoms. The van der Waals surface area contributed by atoms with E-state index in [2.05, 4.69) is 180 Å². The molecule has 326 valence electrons. The van der Waals surface area contributed by atoms with Crippen LogP contribution in [0.1, 0.15) is 126 Å². The molecule has 0 aliphatic carbocycles. The molecule has 0 spiro atoms. The molecule has 6 aromatic carbocycles. The van der Waals surface area contributed by atoms with Crippen LogP contribution < -0.4 is 0 Å². The van der Waals surface area contributed by atoms with Gasteiger partial charge in [-0.3, -0.25) is 9.55 Å². The summed E-state index contributed by atoms with van der Waals surface area (Å²) >= 11 is 0. The van der Waals surface area contributed by atoms with Crippen molar-refractivity contribution in [2.45, 2.75) is 119 Å². The molecule has 4 heteroatoms. The lowest BCUT2D eigenvalue weighted by molar-refractivity contribution is 0.446. The molecule has 0 fully saturated rings. The van der Waals surface area contributed by atoms with E-state index in [0.717, 1.165) is 66.8 Å². The second kappa shape index (κ2) is 16.1. The first-order valence-corrected chi connectivity index (χ1v) is 22.2. The molecule has 0 radical (unpaired) electrons. The van der Waals surface area contributed by atoms with Crippen LogP contribution in [-0.2, 0) is 21.7 Å². The molecular weight excluding hydrogens is 779 g/mol. The maximum Gasteiger partial charge on any atom is 0.149 e. The van der Waals surface area contributed by atoms with Crippen molar-refractivity contribution in [3.8, 4) is 67.5 Å². The van der Waals surface area contributed by atoms with Crippen LogP contribution in [0.2, 0.25) is 0 Å². The summed E-state index contributed by atoms with van der Waals surface area (Å²) in [6, 6.07) is 33.4. The monoisotopic (exact) mass is 851 g/mol. The van der Waals surface area contributed by atoms with E-state index >= 15 is 0 Å². The van der Waals surface area contributed by atoms with Gasteiger partial charge >= 0.3 is 0 Å². The quantitative estimate of drug-likeness (QED) is 0.181. The number of benzene rings is 6. The fourth-order valence-corrected chi connectivity index (χ4v) is 8.36. The third-order valence-electron chi connectivity index (χ3n) is 12.2. The van der Waals surface area contributed by atoms with Crippen molar-refractivity contribution >= 4 is 11.0 Å². The van der Waals surface area contributed by atoms with E-state index in [0.29, 0.717) is 22.6 Å². The minimum atomic E-state index is -2.82. The molecule has 0 saturated carbocycles. The van der Waals surface area contributed by atoms with Crippen LogP contribution in [0.5, 0.6) is 5.75 Å². The minimum Gasteiger partial charge on any atom is -0.507 e. The molecule has 0 amide bonds. The van der Waals surface area contributed by atoms with E-state index in [1.54, 1.807) is 18.3 Å². The third kappa shape index (κ3) is 8.68. The van der Waals surface area contributed by atoms with E-state index in [1.165, 1.54) is 5.56 Å². The van der Waals surface area contributed by atoms with Gasteiger partial charge in [-0.2, -0.15) is 0 Å². The van der Waals surface area contributed by atoms with Crippen LogP contribution in [0.4, 0.5) is 0 Å². The standard InChI is InChI=1S/C60H65N3O/c1-37-18-21-39(22-19-37)41-28-29-61-51(34-41)43-31-42(32-45(33-43)58(6,7)8)47-16-15-17-53-54(47)62-56(49-35-46(59(9,10)11)36-50(55(49)64)60(12,13)14)63(53)52-27-20-38(2)30-48(52)40-23-25-44(26-24-40)57(3,4)5/h15-36,64H,1-14H3/i1D3,18D,19D,21D,22D. The number of phenolic OH excluding ortho intramolecular Hbond substituents is 1. The van der Waals surface area contributed by atoms with Gasteiger partial charge in [0.25, 0.3) is 0 Å². The van der Waals surface area contributed by atoms with E-state index in [4.69, 9.17) is 19.6 Å². The maximum atomic E-state index is 12.6. The van der Waals surface area contributed by atoms with Crippen molar-refractivity contribution in [3.63, 3.8) is 0 Å². The molecule has 1 N–H and O–H groups in total. The number of rotatable bonds is 6. The number of pyridine rings is 1. The molecule has 0 bridgehead atoms. The molecule has 0 aliphatic rings. The topological polar surface area (TPSA) is 50.9 Å². The second-order valence-corrected chi connectivity index (χ2v) is 21.4. The van der Waals surface area contributed by atoms with E-state index < -0.39 is 36.6 Å². The Morgan fingerprint density at radius 3 is 1.83 bits per heavy atom. The van der Waals surface area contributed by atoms with Crippen molar-refractivity contribution in [1.29, 1.82) is 0 Å². The van der Waals surface area contributed by atoms with Gasteiger partial charge in [-0.1, -0.05) is 173 Å². The normalized spacial score (nSPS) is 14.4. The Labute approximate surface area is 392 Å². The Bertz CT molecular complexity index is 3360. The summed E-state index contributed by atoms with van der Waals surface area (Å²) in [5.74, 6) is 0.786. The lowest BCUT2D eigenvalue weighted by Gasteiger charge is -2.27. The Hall–Kier alpha value is -6.26. The van der Waals surface area contributed by atoms with Crippen molar-refractivity contribution in [2.24, 2.45) is 0 Å². The van der Waals surface area contributed by atoms with E-state index in [1.807, 2.05) is 6.07 Å². The Morgan fingerprint density at radius 1 is 0.531 bits per heavy atom. The van der Waals surface area contributed by atoms with Crippen LogP contribution in [-0.4, -0.2) is 19.6 Å². The SMILES string of the molecule is [2H]c1c([2H])c(C([2H])([2H])[2H])c([2H])c([2H])c1-c1ccnc(-c2cc(-c3cccc4c3nc(-c3cc(C(C)(C)C)cc(C(C)(C)C)c3O)n4-c3ccc(C)cc3-c3ccc(C(C)(C)C)cc3)cc(C(C)(C)C)c2)c1. The van der Waals surface area contributed by atoms with Gasteiger partial charge in [0.05, 0.1) is 33.5 Å². The molecule has 0 aliphatic heterocycles. The number of hydrogen-bond acceptors (Lipinski definition) is 3. The van der Waals surface area contributed by atoms with Crippen LogP contribution in [0.15, 0.2) is 133 Å². The number of imidazole rings is 1. The second-order valence-electron chi connectivity index (χ2n) is 21.4. The van der Waals surface area contributed by atoms with E-state index in [-0.39, 0.29) is 33.0 Å². The molecule has 8 aromatic rings. The molecule has 2 heterocycles. The molecule has 8 rings (SSSR count). The first kappa shape index (κ1) is 36.1. The molecule has 0 atom stereocenters. The zero-order valence-electron chi connectivity index (χ0n) is 46.7. The van der Waals surface area contributed by atoms with Gasteiger partial charge in [0.1, 0.15) is 11.6 Å². The molecular formula is C60H65N3O. The zero-order chi connectivity index (χ0) is 52.1. The Kier molecular flexibility index (Phi) is 9.07. The molecule has 2 aromatic heterocycles. The van der Waals surface area contributed by atoms with Crippen molar-refractivity contribution in [1.82, 2.24) is 14.5 Å². The predicted molar refractivity (Wildman–Crippen MR) is 272 cm³/mol. The number of fused-ring (bicyclic) bond motifs is 1. The highest BCUT2D eigenvalue weighted by Gasteiger charge is 2.30. The van der Waals surface area contributed by atoms with Crippen LogP contribution in [0, 0.1) is 13.8 Å². The number of aryl methyl sites for hydroxylation is 1. The summed E-state index contributed by atoms with van der Waals surface area (Å²) in [5.41, 5.74) is 12.3. The zero-order valence-corrected chi connectivity index (χ0v) is 39.7. The van der Waals surface area contributed by atoms with Gasteiger partial charge in [-0.15, -0.1) is 0 Å². The number of nitrogens with zero attached hydrogens (tertiary/aromatic N) is 3. The Balaban J connectivity index is 1.43. The average molecular weight is 851 g/mol. The summed E-state index contributed by atoms with van der Waals surface area (Å²) in [6.07, 6.45) is 1.58. The fourth-order valence-electron chi connectivity index (χ4n) is 8.36. The van der Waals surface area contributed by atoms with Gasteiger partial charge in [-0.05, 0) is 123 Å². The number of phenols is 1. The fraction of sp³-hybridized carbons (Fsp3) is 0.300. The van der Waals surface area contributed by atoms with Crippen molar-refractivity contribution in [3.05, 3.63) is 167 Å². The predicted octanol–water partition coefficient (Wildman–Crippen LogP) is 16.3. The highest BCUT2D eigenvalue weighted by molar-refractivity contribution is 5.98. The number of aromatic nitrogens is 3. The molecule has 0 saturated heterocycles. The highest BCUT2D eigenvalue weighted by atomic mass is 16.3. The van der Waals surface area contributed by atoms with Gasteiger partial charge in [0.2, 0.25) is 0 Å². The Morgan fingerprint density at radius 2 is 1.19 bits per heavy atom. The summed E-state index contributed by atoms with van der Waals surface area (Å²) in [6.45, 7) is 25.3. The lowest BCUT2D eigenvalue weighted by atomic mass is 9.79. The summed E-state index contributed by atoms with van der Waals surface area (Å²) in [7, 11) is 0.